The van der Waals surface area contributed by atoms with E-state index in [-0.39, 0.29) is 23.4 Å². The molecule has 0 saturated carbocycles. The second-order valence-corrected chi connectivity index (χ2v) is 7.29. The summed E-state index contributed by atoms with van der Waals surface area (Å²) in [5.41, 5.74) is 4.50. The molecule has 2 bridgehead atoms. The largest absolute Gasteiger partial charge is 0.497 e. The highest BCUT2D eigenvalue weighted by atomic mass is 32.2. The molecule has 3 aliphatic rings. The molecule has 1 fully saturated rings. The van der Waals surface area contributed by atoms with E-state index in [9.17, 15) is 4.21 Å². The number of hydrogen-bond acceptors (Lipinski definition) is 3. The quantitative estimate of drug-likeness (QED) is 0.880. The molecule has 0 aromatic heterocycles. The summed E-state index contributed by atoms with van der Waals surface area (Å²) in [4.78, 5) is 0. The van der Waals surface area contributed by atoms with Crippen molar-refractivity contribution in [3.63, 3.8) is 0 Å². The second kappa shape index (κ2) is 4.33. The van der Waals surface area contributed by atoms with Gasteiger partial charge in [0.15, 0.2) is 0 Å². The van der Waals surface area contributed by atoms with Crippen LogP contribution in [-0.2, 0) is 15.7 Å². The summed E-state index contributed by atoms with van der Waals surface area (Å²) in [5.74, 6) is 0.940. The topological polar surface area (TPSA) is 47.6 Å². The average Bonchev–Trinajstić information content (AvgIpc) is 3.12. The van der Waals surface area contributed by atoms with Gasteiger partial charge in [0.2, 0.25) is 0 Å². The minimum atomic E-state index is -1.14. The molecule has 5 rings (SSSR count). The van der Waals surface area contributed by atoms with Gasteiger partial charge in [-0.2, -0.15) is 0 Å². The maximum atomic E-state index is 12.7. The van der Waals surface area contributed by atoms with Crippen molar-refractivity contribution in [1.82, 2.24) is 0 Å². The van der Waals surface area contributed by atoms with E-state index in [1.807, 2.05) is 30.3 Å². The first-order valence-corrected chi connectivity index (χ1v) is 8.58. The van der Waals surface area contributed by atoms with Crippen molar-refractivity contribution >= 4 is 16.7 Å². The standard InChI is InChI=1S/C17H15NO3S/c1-20-9-6-7-13-12(8-9)14-15-10-4-2-3-5-11(10)16(21-15)17(14)22(19)18-13/h2-8,14-18H,1H3. The van der Waals surface area contributed by atoms with E-state index in [4.69, 9.17) is 9.47 Å². The zero-order valence-electron chi connectivity index (χ0n) is 12.0. The zero-order chi connectivity index (χ0) is 14.8. The highest BCUT2D eigenvalue weighted by Crippen LogP contribution is 2.61. The zero-order valence-corrected chi connectivity index (χ0v) is 12.8. The fraction of sp³-hybridized carbons (Fsp3) is 0.294. The summed E-state index contributed by atoms with van der Waals surface area (Å²) in [6.45, 7) is 0. The number of fused-ring (bicyclic) bond motifs is 10. The molecule has 0 aliphatic carbocycles. The number of nitrogens with one attached hydrogen (secondary N) is 1. The first kappa shape index (κ1) is 12.7. The Labute approximate surface area is 131 Å². The van der Waals surface area contributed by atoms with Crippen molar-refractivity contribution in [2.75, 3.05) is 11.8 Å². The molecule has 22 heavy (non-hydrogen) atoms. The molecule has 0 amide bonds. The Morgan fingerprint density at radius 2 is 1.86 bits per heavy atom. The maximum Gasteiger partial charge on any atom is 0.124 e. The summed E-state index contributed by atoms with van der Waals surface area (Å²) in [7, 11) is 0.529. The molecule has 3 heterocycles. The SMILES string of the molecule is COc1ccc2c(c1)C1C3OC(c4ccccc43)C1S(=O)N2. The van der Waals surface area contributed by atoms with Gasteiger partial charge in [0, 0.05) is 5.92 Å². The normalized spacial score (nSPS) is 33.6. The van der Waals surface area contributed by atoms with Gasteiger partial charge < -0.3 is 14.2 Å². The van der Waals surface area contributed by atoms with Crippen LogP contribution in [0, 0.1) is 0 Å². The van der Waals surface area contributed by atoms with Crippen molar-refractivity contribution in [3.8, 4) is 5.75 Å². The predicted molar refractivity (Wildman–Crippen MR) is 84.3 cm³/mol. The molecule has 5 heteroatoms. The highest BCUT2D eigenvalue weighted by Gasteiger charge is 2.57. The van der Waals surface area contributed by atoms with E-state index in [2.05, 4.69) is 16.9 Å². The minimum absolute atomic E-state index is 0.0110. The lowest BCUT2D eigenvalue weighted by atomic mass is 9.79. The van der Waals surface area contributed by atoms with Crippen LogP contribution in [0.25, 0.3) is 0 Å². The van der Waals surface area contributed by atoms with E-state index in [0.29, 0.717) is 0 Å². The fourth-order valence-corrected chi connectivity index (χ4v) is 5.55. The summed E-state index contributed by atoms with van der Waals surface area (Å²) in [5, 5.41) is -0.0421. The fourth-order valence-electron chi connectivity index (χ4n) is 4.03. The van der Waals surface area contributed by atoms with Gasteiger partial charge in [-0.15, -0.1) is 0 Å². The van der Waals surface area contributed by atoms with E-state index in [1.54, 1.807) is 7.11 Å². The second-order valence-electron chi connectivity index (χ2n) is 5.95. The Morgan fingerprint density at radius 1 is 1.09 bits per heavy atom. The summed E-state index contributed by atoms with van der Waals surface area (Å²) >= 11 is 0. The number of anilines is 1. The molecule has 5 atom stereocenters. The number of hydrogen-bond donors (Lipinski definition) is 1. The van der Waals surface area contributed by atoms with Gasteiger partial charge in [0.1, 0.15) is 22.8 Å². The van der Waals surface area contributed by atoms with Crippen LogP contribution in [0.4, 0.5) is 5.69 Å². The molecule has 2 aromatic carbocycles. The molecule has 0 radical (unpaired) electrons. The van der Waals surface area contributed by atoms with Crippen LogP contribution in [0.5, 0.6) is 5.75 Å². The number of ether oxygens (including phenoxy) is 2. The molecular formula is C17H15NO3S. The van der Waals surface area contributed by atoms with Crippen LogP contribution >= 0.6 is 0 Å². The molecule has 2 aromatic rings. The summed E-state index contributed by atoms with van der Waals surface area (Å²) in [6, 6.07) is 14.2. The van der Waals surface area contributed by atoms with Crippen LogP contribution < -0.4 is 9.46 Å². The van der Waals surface area contributed by atoms with Crippen molar-refractivity contribution in [1.29, 1.82) is 0 Å². The van der Waals surface area contributed by atoms with E-state index in [0.717, 1.165) is 17.0 Å². The molecule has 3 aliphatic heterocycles. The Bertz CT molecular complexity index is 806. The summed E-state index contributed by atoms with van der Waals surface area (Å²) < 4.78 is 27.4. The lowest BCUT2D eigenvalue weighted by molar-refractivity contribution is 0.0683. The van der Waals surface area contributed by atoms with Crippen molar-refractivity contribution in [2.45, 2.75) is 23.4 Å². The van der Waals surface area contributed by atoms with E-state index >= 15 is 0 Å². The molecule has 1 N–H and O–H groups in total. The molecule has 112 valence electrons. The van der Waals surface area contributed by atoms with Crippen molar-refractivity contribution < 1.29 is 13.7 Å². The maximum absolute atomic E-state index is 12.7. The third kappa shape index (κ3) is 1.48. The van der Waals surface area contributed by atoms with Gasteiger partial charge in [0.25, 0.3) is 0 Å². The number of benzene rings is 2. The van der Waals surface area contributed by atoms with Crippen molar-refractivity contribution in [3.05, 3.63) is 59.2 Å². The number of methoxy groups -OCH3 is 1. The van der Waals surface area contributed by atoms with E-state index < -0.39 is 11.0 Å². The summed E-state index contributed by atoms with van der Waals surface area (Å²) in [6.07, 6.45) is -0.0954. The first-order valence-electron chi connectivity index (χ1n) is 7.37. The monoisotopic (exact) mass is 313 g/mol. The highest BCUT2D eigenvalue weighted by molar-refractivity contribution is 7.87. The van der Waals surface area contributed by atoms with Gasteiger partial charge in [-0.1, -0.05) is 24.3 Å². The van der Waals surface area contributed by atoms with Gasteiger partial charge in [0.05, 0.1) is 24.2 Å². The number of rotatable bonds is 1. The van der Waals surface area contributed by atoms with Crippen LogP contribution in [0.2, 0.25) is 0 Å². The molecule has 4 nitrogen and oxygen atoms in total. The Morgan fingerprint density at radius 3 is 2.64 bits per heavy atom. The Kier molecular flexibility index (Phi) is 2.50. The van der Waals surface area contributed by atoms with Gasteiger partial charge in [-0.3, -0.25) is 0 Å². The van der Waals surface area contributed by atoms with Crippen molar-refractivity contribution in [2.24, 2.45) is 0 Å². The molecule has 1 saturated heterocycles. The lowest BCUT2D eigenvalue weighted by Gasteiger charge is -2.34. The van der Waals surface area contributed by atoms with Crippen LogP contribution in [0.3, 0.4) is 0 Å². The average molecular weight is 313 g/mol. The van der Waals surface area contributed by atoms with Gasteiger partial charge in [-0.05, 0) is 34.9 Å². The van der Waals surface area contributed by atoms with E-state index in [1.165, 1.54) is 11.1 Å². The van der Waals surface area contributed by atoms with Gasteiger partial charge >= 0.3 is 0 Å². The third-order valence-corrected chi connectivity index (χ3v) is 6.41. The van der Waals surface area contributed by atoms with Crippen LogP contribution in [0.1, 0.15) is 34.8 Å². The first-order chi connectivity index (χ1) is 10.8. The third-order valence-electron chi connectivity index (χ3n) is 4.96. The molecular weight excluding hydrogens is 298 g/mol. The molecule has 0 spiro atoms. The lowest BCUT2D eigenvalue weighted by Crippen LogP contribution is -2.36. The Hall–Kier alpha value is -1.85. The van der Waals surface area contributed by atoms with Crippen LogP contribution in [-0.4, -0.2) is 16.6 Å². The smallest absolute Gasteiger partial charge is 0.124 e. The predicted octanol–water partition coefficient (Wildman–Crippen LogP) is 3.06. The van der Waals surface area contributed by atoms with Gasteiger partial charge in [-0.25, -0.2) is 4.21 Å². The Balaban J connectivity index is 1.71. The van der Waals surface area contributed by atoms with Crippen LogP contribution in [0.15, 0.2) is 42.5 Å². The minimum Gasteiger partial charge on any atom is -0.497 e. The molecule has 5 unspecified atom stereocenters.